The van der Waals surface area contributed by atoms with E-state index in [0.717, 1.165) is 18.6 Å². The van der Waals surface area contributed by atoms with Gasteiger partial charge in [0.15, 0.2) is 0 Å². The van der Waals surface area contributed by atoms with Crippen molar-refractivity contribution < 1.29 is 18.0 Å². The highest BCUT2D eigenvalue weighted by atomic mass is 32.1. The molecule has 0 aliphatic rings. The molecule has 1 aromatic heterocycles. The molecule has 0 aliphatic heterocycles. The van der Waals surface area contributed by atoms with Gasteiger partial charge in [-0.1, -0.05) is 24.0 Å². The number of benzene rings is 1. The van der Waals surface area contributed by atoms with E-state index in [1.165, 1.54) is 17.0 Å². The number of hydrogen-bond acceptors (Lipinski definition) is 2. The molecule has 1 aromatic carbocycles. The van der Waals surface area contributed by atoms with Crippen LogP contribution in [0.4, 0.5) is 18.0 Å². The second-order valence-electron chi connectivity index (χ2n) is 5.39. The van der Waals surface area contributed by atoms with Crippen LogP contribution < -0.4 is 10.6 Å². The lowest BCUT2D eigenvalue weighted by molar-refractivity contribution is -0.137. The molecule has 3 nitrogen and oxygen atoms in total. The maximum absolute atomic E-state index is 12.6. The molecule has 7 heteroatoms. The summed E-state index contributed by atoms with van der Waals surface area (Å²) in [5, 5.41) is 7.33. The molecule has 1 atom stereocenters. The number of halogens is 3. The Morgan fingerprint density at radius 2 is 2.08 bits per heavy atom. The van der Waals surface area contributed by atoms with E-state index in [0.29, 0.717) is 0 Å². The Kier molecular flexibility index (Phi) is 6.48. The summed E-state index contributed by atoms with van der Waals surface area (Å²) in [6.07, 6.45) is -3.66. The average molecular weight is 366 g/mol. The predicted octanol–water partition coefficient (Wildman–Crippen LogP) is 4.05. The van der Waals surface area contributed by atoms with Gasteiger partial charge in [-0.25, -0.2) is 4.79 Å². The Bertz CT molecular complexity index is 761. The van der Waals surface area contributed by atoms with Gasteiger partial charge in [-0.2, -0.15) is 13.2 Å². The Balaban J connectivity index is 1.79. The average Bonchev–Trinajstić information content (AvgIpc) is 3.04. The first-order valence-electron chi connectivity index (χ1n) is 7.57. The summed E-state index contributed by atoms with van der Waals surface area (Å²) in [4.78, 5) is 12.9. The van der Waals surface area contributed by atoms with Crippen LogP contribution in [0, 0.1) is 11.8 Å². The monoisotopic (exact) mass is 366 g/mol. The van der Waals surface area contributed by atoms with E-state index in [-0.39, 0.29) is 24.2 Å². The van der Waals surface area contributed by atoms with Crippen molar-refractivity contribution in [1.29, 1.82) is 0 Å². The van der Waals surface area contributed by atoms with Crippen molar-refractivity contribution in [1.82, 2.24) is 10.6 Å². The number of amides is 2. The summed E-state index contributed by atoms with van der Waals surface area (Å²) < 4.78 is 37.8. The highest BCUT2D eigenvalue weighted by molar-refractivity contribution is 7.09. The van der Waals surface area contributed by atoms with Crippen LogP contribution in [-0.2, 0) is 12.6 Å². The summed E-state index contributed by atoms with van der Waals surface area (Å²) in [7, 11) is 0. The van der Waals surface area contributed by atoms with E-state index in [1.807, 2.05) is 24.4 Å². The molecule has 0 saturated heterocycles. The zero-order valence-corrected chi connectivity index (χ0v) is 14.3. The quantitative estimate of drug-likeness (QED) is 0.788. The van der Waals surface area contributed by atoms with E-state index < -0.39 is 11.7 Å². The predicted molar refractivity (Wildman–Crippen MR) is 92.3 cm³/mol. The van der Waals surface area contributed by atoms with Crippen molar-refractivity contribution in [3.63, 3.8) is 0 Å². The van der Waals surface area contributed by atoms with E-state index in [9.17, 15) is 18.0 Å². The molecule has 1 heterocycles. The first kappa shape index (κ1) is 18.9. The van der Waals surface area contributed by atoms with E-state index >= 15 is 0 Å². The molecule has 0 spiro atoms. The van der Waals surface area contributed by atoms with Gasteiger partial charge >= 0.3 is 12.2 Å². The standard InChI is InChI=1S/C18H17F3N2OS/c1-13(11-16-8-4-10-25-16)23-17(24)22-9-3-6-14-5-2-7-15(12-14)18(19,20)21/h2,4-5,7-8,10,12-13H,9,11H2,1H3,(H2,22,23,24). The van der Waals surface area contributed by atoms with Crippen LogP contribution in [0.15, 0.2) is 41.8 Å². The molecule has 0 bridgehead atoms. The maximum Gasteiger partial charge on any atom is 0.416 e. The van der Waals surface area contributed by atoms with Crippen molar-refractivity contribution in [3.05, 3.63) is 57.8 Å². The number of nitrogens with one attached hydrogen (secondary N) is 2. The zero-order valence-electron chi connectivity index (χ0n) is 13.5. The maximum atomic E-state index is 12.6. The van der Waals surface area contributed by atoms with Crippen LogP contribution in [0.3, 0.4) is 0 Å². The van der Waals surface area contributed by atoms with Crippen molar-refractivity contribution in [3.8, 4) is 11.8 Å². The molecule has 1 unspecified atom stereocenters. The number of rotatable bonds is 4. The molecule has 0 radical (unpaired) electrons. The lowest BCUT2D eigenvalue weighted by Crippen LogP contribution is -2.41. The number of hydrogen-bond donors (Lipinski definition) is 2. The van der Waals surface area contributed by atoms with E-state index in [4.69, 9.17) is 0 Å². The first-order chi connectivity index (χ1) is 11.8. The SMILES string of the molecule is CC(Cc1cccs1)NC(=O)NCC#Cc1cccc(C(F)(F)F)c1. The van der Waals surface area contributed by atoms with Gasteiger partial charge in [0, 0.05) is 22.9 Å². The minimum atomic E-state index is -4.39. The third-order valence-corrected chi connectivity index (χ3v) is 4.12. The Hall–Kier alpha value is -2.46. The van der Waals surface area contributed by atoms with Crippen molar-refractivity contribution in [2.45, 2.75) is 25.6 Å². The van der Waals surface area contributed by atoms with Gasteiger partial charge in [-0.3, -0.25) is 0 Å². The number of thiophene rings is 1. The largest absolute Gasteiger partial charge is 0.416 e. The topological polar surface area (TPSA) is 41.1 Å². The highest BCUT2D eigenvalue weighted by Crippen LogP contribution is 2.29. The minimum absolute atomic E-state index is 0.0323. The molecule has 2 amide bonds. The molecule has 2 aromatic rings. The van der Waals surface area contributed by atoms with Gasteiger partial charge in [-0.05, 0) is 36.6 Å². The molecule has 25 heavy (non-hydrogen) atoms. The summed E-state index contributed by atoms with van der Waals surface area (Å²) in [5.74, 6) is 5.25. The Morgan fingerprint density at radius 1 is 1.28 bits per heavy atom. The van der Waals surface area contributed by atoms with Gasteiger partial charge < -0.3 is 10.6 Å². The van der Waals surface area contributed by atoms with Gasteiger partial charge in [0.25, 0.3) is 0 Å². The van der Waals surface area contributed by atoms with E-state index in [2.05, 4.69) is 22.5 Å². The van der Waals surface area contributed by atoms with Crippen LogP contribution >= 0.6 is 11.3 Å². The zero-order chi connectivity index (χ0) is 18.3. The molecule has 2 rings (SSSR count). The Labute approximate surface area is 148 Å². The fourth-order valence-corrected chi connectivity index (χ4v) is 2.94. The number of carbonyl (C=O) groups is 1. The third-order valence-electron chi connectivity index (χ3n) is 3.22. The van der Waals surface area contributed by atoms with Gasteiger partial charge in [-0.15, -0.1) is 11.3 Å². The van der Waals surface area contributed by atoms with Gasteiger partial charge in [0.1, 0.15) is 0 Å². The van der Waals surface area contributed by atoms with Crippen molar-refractivity contribution in [2.24, 2.45) is 0 Å². The number of urea groups is 1. The second-order valence-corrected chi connectivity index (χ2v) is 6.42. The smallest absolute Gasteiger partial charge is 0.335 e. The van der Waals surface area contributed by atoms with Gasteiger partial charge in [0.05, 0.1) is 12.1 Å². The number of carbonyl (C=O) groups excluding carboxylic acids is 1. The molecule has 0 fully saturated rings. The van der Waals surface area contributed by atoms with Crippen LogP contribution in [-0.4, -0.2) is 18.6 Å². The lowest BCUT2D eigenvalue weighted by Gasteiger charge is -2.12. The second kappa shape index (κ2) is 8.58. The molecule has 132 valence electrons. The van der Waals surface area contributed by atoms with Crippen LogP contribution in [0.25, 0.3) is 0 Å². The molecular formula is C18H17F3N2OS. The highest BCUT2D eigenvalue weighted by Gasteiger charge is 2.30. The van der Waals surface area contributed by atoms with Crippen molar-refractivity contribution in [2.75, 3.05) is 6.54 Å². The fraction of sp³-hybridized carbons (Fsp3) is 0.278. The van der Waals surface area contributed by atoms with Crippen LogP contribution in [0.2, 0.25) is 0 Å². The fourth-order valence-electron chi connectivity index (χ4n) is 2.10. The molecular weight excluding hydrogens is 349 g/mol. The van der Waals surface area contributed by atoms with E-state index in [1.54, 1.807) is 11.3 Å². The van der Waals surface area contributed by atoms with Gasteiger partial charge in [0.2, 0.25) is 0 Å². The third kappa shape index (κ3) is 6.51. The summed E-state index contributed by atoms with van der Waals surface area (Å²) in [6.45, 7) is 1.95. The minimum Gasteiger partial charge on any atom is -0.335 e. The first-order valence-corrected chi connectivity index (χ1v) is 8.45. The number of alkyl halides is 3. The van der Waals surface area contributed by atoms with Crippen molar-refractivity contribution >= 4 is 17.4 Å². The normalized spacial score (nSPS) is 12.0. The lowest BCUT2D eigenvalue weighted by atomic mass is 10.1. The summed E-state index contributed by atoms with van der Waals surface area (Å²) >= 11 is 1.63. The van der Waals surface area contributed by atoms with Crippen LogP contribution in [0.1, 0.15) is 22.9 Å². The Morgan fingerprint density at radius 3 is 2.76 bits per heavy atom. The molecule has 0 aliphatic carbocycles. The molecule has 2 N–H and O–H groups in total. The summed E-state index contributed by atoms with van der Waals surface area (Å²) in [5.41, 5.74) is -0.490. The van der Waals surface area contributed by atoms with Crippen LogP contribution in [0.5, 0.6) is 0 Å². The summed E-state index contributed by atoms with van der Waals surface area (Å²) in [6, 6.07) is 8.34. The molecule has 0 saturated carbocycles.